The van der Waals surface area contributed by atoms with Crippen LogP contribution in [-0.4, -0.2) is 17.4 Å². The average Bonchev–Trinajstić information content (AvgIpc) is 2.35. The number of carbonyl (C=O) groups excluding carboxylic acids is 1. The molecule has 1 aromatic carbocycles. The Kier molecular flexibility index (Phi) is 5.37. The Labute approximate surface area is 109 Å². The van der Waals surface area contributed by atoms with Gasteiger partial charge in [0.15, 0.2) is 0 Å². The van der Waals surface area contributed by atoms with Gasteiger partial charge in [0, 0.05) is 18.6 Å². The molecular weight excluding hydrogens is 253 g/mol. The van der Waals surface area contributed by atoms with E-state index in [1.54, 1.807) is 0 Å². The molecule has 0 bridgehead atoms. The van der Waals surface area contributed by atoms with Crippen LogP contribution in [0.15, 0.2) is 18.2 Å². The van der Waals surface area contributed by atoms with Crippen molar-refractivity contribution in [1.82, 2.24) is 0 Å². The molecule has 0 heterocycles. The summed E-state index contributed by atoms with van der Waals surface area (Å²) in [5.74, 6) is -1.05. The number of rotatable bonds is 6. The van der Waals surface area contributed by atoms with E-state index in [2.05, 4.69) is 5.32 Å². The maximum Gasteiger partial charge on any atom is 0.292 e. The molecule has 0 aliphatic carbocycles. The van der Waals surface area contributed by atoms with Crippen LogP contribution in [0.2, 0.25) is 0 Å². The quantitative estimate of drug-likeness (QED) is 0.610. The third kappa shape index (κ3) is 4.29. The monoisotopic (exact) mass is 269 g/mol. The molecule has 0 aliphatic heterocycles. The Balaban J connectivity index is 2.83. The van der Waals surface area contributed by atoms with E-state index >= 15 is 0 Å². The van der Waals surface area contributed by atoms with E-state index in [0.717, 1.165) is 24.6 Å². The van der Waals surface area contributed by atoms with Crippen molar-refractivity contribution < 1.29 is 14.1 Å². The molecule has 1 aromatic rings. The van der Waals surface area contributed by atoms with E-state index in [4.69, 9.17) is 5.73 Å². The van der Waals surface area contributed by atoms with Gasteiger partial charge in [0.25, 0.3) is 5.69 Å². The van der Waals surface area contributed by atoms with Crippen LogP contribution >= 0.6 is 0 Å². The van der Waals surface area contributed by atoms with Crippen molar-refractivity contribution in [2.24, 2.45) is 11.7 Å². The lowest BCUT2D eigenvalue weighted by atomic mass is 10.0. The molecule has 0 aliphatic rings. The van der Waals surface area contributed by atoms with Gasteiger partial charge < -0.3 is 11.1 Å². The summed E-state index contributed by atoms with van der Waals surface area (Å²) < 4.78 is 13.1. The highest BCUT2D eigenvalue weighted by atomic mass is 19.1. The maximum atomic E-state index is 13.1. The molecule has 19 heavy (non-hydrogen) atoms. The topological polar surface area (TPSA) is 98.3 Å². The SMILES string of the molecule is CCC(CN)CC(=O)Nc1cc(F)ccc1[N+](=O)[O-]. The molecule has 0 saturated heterocycles. The average molecular weight is 269 g/mol. The fourth-order valence-electron chi connectivity index (χ4n) is 1.63. The van der Waals surface area contributed by atoms with Crippen LogP contribution in [0.4, 0.5) is 15.8 Å². The Morgan fingerprint density at radius 3 is 2.79 bits per heavy atom. The highest BCUT2D eigenvalue weighted by Crippen LogP contribution is 2.25. The van der Waals surface area contributed by atoms with Crippen LogP contribution in [0.5, 0.6) is 0 Å². The lowest BCUT2D eigenvalue weighted by Crippen LogP contribution is -2.22. The Bertz CT molecular complexity index is 475. The van der Waals surface area contributed by atoms with E-state index in [1.165, 1.54) is 0 Å². The Morgan fingerprint density at radius 1 is 1.58 bits per heavy atom. The summed E-state index contributed by atoms with van der Waals surface area (Å²) in [5.41, 5.74) is 5.00. The number of nitrogens with two attached hydrogens (primary N) is 1. The summed E-state index contributed by atoms with van der Waals surface area (Å²) in [6.45, 7) is 2.25. The summed E-state index contributed by atoms with van der Waals surface area (Å²) in [4.78, 5) is 21.8. The number of nitrogens with one attached hydrogen (secondary N) is 1. The van der Waals surface area contributed by atoms with E-state index in [9.17, 15) is 19.3 Å². The molecule has 104 valence electrons. The summed E-state index contributed by atoms with van der Waals surface area (Å²) in [7, 11) is 0. The summed E-state index contributed by atoms with van der Waals surface area (Å²) >= 11 is 0. The Hall–Kier alpha value is -2.02. The van der Waals surface area contributed by atoms with Gasteiger partial charge in [-0.1, -0.05) is 13.3 Å². The Morgan fingerprint density at radius 2 is 2.26 bits per heavy atom. The van der Waals surface area contributed by atoms with Crippen molar-refractivity contribution in [3.8, 4) is 0 Å². The second kappa shape index (κ2) is 6.79. The van der Waals surface area contributed by atoms with Crippen molar-refractivity contribution in [2.75, 3.05) is 11.9 Å². The van der Waals surface area contributed by atoms with Crippen LogP contribution in [0.1, 0.15) is 19.8 Å². The number of hydrogen-bond acceptors (Lipinski definition) is 4. The molecule has 1 rings (SSSR count). The standard InChI is InChI=1S/C12H16FN3O3/c1-2-8(7-14)5-12(17)15-10-6-9(13)3-4-11(10)16(18)19/h3-4,6,8H,2,5,7,14H2,1H3,(H,15,17). The van der Waals surface area contributed by atoms with Crippen molar-refractivity contribution in [2.45, 2.75) is 19.8 Å². The molecule has 0 spiro atoms. The van der Waals surface area contributed by atoms with Gasteiger partial charge in [-0.15, -0.1) is 0 Å². The second-order valence-corrected chi connectivity index (χ2v) is 4.18. The molecule has 1 amide bonds. The molecule has 0 aromatic heterocycles. The smallest absolute Gasteiger partial charge is 0.292 e. The molecule has 7 heteroatoms. The number of carbonyl (C=O) groups is 1. The minimum atomic E-state index is -0.671. The van der Waals surface area contributed by atoms with Gasteiger partial charge in [0.1, 0.15) is 11.5 Å². The van der Waals surface area contributed by atoms with E-state index in [-0.39, 0.29) is 23.7 Å². The molecule has 0 saturated carbocycles. The van der Waals surface area contributed by atoms with Crippen molar-refractivity contribution in [1.29, 1.82) is 0 Å². The molecule has 1 unspecified atom stereocenters. The number of hydrogen-bond donors (Lipinski definition) is 2. The van der Waals surface area contributed by atoms with Gasteiger partial charge in [-0.25, -0.2) is 4.39 Å². The predicted octanol–water partition coefficient (Wildman–Crippen LogP) is 2.05. The number of benzene rings is 1. The number of nitro groups is 1. The molecule has 1 atom stereocenters. The summed E-state index contributed by atoms with van der Waals surface area (Å²) in [5, 5.41) is 13.1. The zero-order valence-corrected chi connectivity index (χ0v) is 10.6. The summed E-state index contributed by atoms with van der Waals surface area (Å²) in [6, 6.07) is 2.92. The number of nitro benzene ring substituents is 1. The van der Waals surface area contributed by atoms with Crippen molar-refractivity contribution in [3.05, 3.63) is 34.1 Å². The third-order valence-corrected chi connectivity index (χ3v) is 2.81. The zero-order chi connectivity index (χ0) is 14.4. The second-order valence-electron chi connectivity index (χ2n) is 4.18. The van der Waals surface area contributed by atoms with Crippen LogP contribution in [-0.2, 0) is 4.79 Å². The zero-order valence-electron chi connectivity index (χ0n) is 10.6. The minimum absolute atomic E-state index is 0.00705. The van der Waals surface area contributed by atoms with Gasteiger partial charge in [0.2, 0.25) is 5.91 Å². The minimum Gasteiger partial charge on any atom is -0.330 e. The van der Waals surface area contributed by atoms with Gasteiger partial charge >= 0.3 is 0 Å². The van der Waals surface area contributed by atoms with Gasteiger partial charge in [-0.05, 0) is 18.5 Å². The normalized spacial score (nSPS) is 11.9. The van der Waals surface area contributed by atoms with Gasteiger partial charge in [-0.2, -0.15) is 0 Å². The summed E-state index contributed by atoms with van der Waals surface area (Å²) in [6.07, 6.45) is 0.885. The molecule has 0 radical (unpaired) electrons. The number of amides is 1. The van der Waals surface area contributed by atoms with Crippen LogP contribution in [0.25, 0.3) is 0 Å². The van der Waals surface area contributed by atoms with E-state index in [0.29, 0.717) is 6.54 Å². The predicted molar refractivity (Wildman–Crippen MR) is 69.1 cm³/mol. The lowest BCUT2D eigenvalue weighted by Gasteiger charge is -2.12. The number of anilines is 1. The van der Waals surface area contributed by atoms with Gasteiger partial charge in [-0.3, -0.25) is 14.9 Å². The highest BCUT2D eigenvalue weighted by molar-refractivity contribution is 5.93. The number of halogens is 1. The van der Waals surface area contributed by atoms with Gasteiger partial charge in [0.05, 0.1) is 4.92 Å². The van der Waals surface area contributed by atoms with Crippen LogP contribution in [0.3, 0.4) is 0 Å². The first-order chi connectivity index (χ1) is 8.97. The first kappa shape index (κ1) is 15.0. The fraction of sp³-hybridized carbons (Fsp3) is 0.417. The first-order valence-electron chi connectivity index (χ1n) is 5.91. The lowest BCUT2D eigenvalue weighted by molar-refractivity contribution is -0.384. The molecule has 3 N–H and O–H groups in total. The van der Waals surface area contributed by atoms with E-state index in [1.807, 2.05) is 6.92 Å². The first-order valence-corrected chi connectivity index (χ1v) is 5.91. The third-order valence-electron chi connectivity index (χ3n) is 2.81. The number of nitrogens with zero attached hydrogens (tertiary/aromatic N) is 1. The molecule has 0 fully saturated rings. The van der Waals surface area contributed by atoms with Crippen molar-refractivity contribution in [3.63, 3.8) is 0 Å². The molecular formula is C12H16FN3O3. The fourth-order valence-corrected chi connectivity index (χ4v) is 1.63. The van der Waals surface area contributed by atoms with Crippen LogP contribution < -0.4 is 11.1 Å². The highest BCUT2D eigenvalue weighted by Gasteiger charge is 2.18. The molecule has 6 nitrogen and oxygen atoms in total. The van der Waals surface area contributed by atoms with Crippen molar-refractivity contribution >= 4 is 17.3 Å². The van der Waals surface area contributed by atoms with Crippen LogP contribution in [0, 0.1) is 21.8 Å². The maximum absolute atomic E-state index is 13.1. The van der Waals surface area contributed by atoms with E-state index < -0.39 is 16.6 Å². The largest absolute Gasteiger partial charge is 0.330 e.